The van der Waals surface area contributed by atoms with Crippen LogP contribution in [-0.2, 0) is 19.0 Å². The van der Waals surface area contributed by atoms with Gasteiger partial charge in [-0.15, -0.1) is 22.7 Å². The zero-order chi connectivity index (χ0) is 26.5. The first-order valence-electron chi connectivity index (χ1n) is 12.2. The Bertz CT molecular complexity index is 1400. The van der Waals surface area contributed by atoms with Gasteiger partial charge in [0.2, 0.25) is 0 Å². The fraction of sp³-hybridized carbons (Fsp3) is 0.360. The summed E-state index contributed by atoms with van der Waals surface area (Å²) in [5.74, 6) is 0.772. The number of likely N-dealkylation sites (tertiary alicyclic amines) is 1. The number of alkyl halides is 3. The molecule has 0 atom stereocenters. The number of hydrogen-bond acceptors (Lipinski definition) is 8. The molecular weight excluding hydrogens is 535 g/mol. The Morgan fingerprint density at radius 1 is 1.05 bits per heavy atom. The first-order valence-corrected chi connectivity index (χ1v) is 13.9. The first kappa shape index (κ1) is 26.3. The summed E-state index contributed by atoms with van der Waals surface area (Å²) in [7, 11) is 0. The minimum absolute atomic E-state index is 0.155. The molecule has 0 saturated carbocycles. The number of carbonyl (C=O) groups excluding carboxylic acids is 1. The summed E-state index contributed by atoms with van der Waals surface area (Å²) in [6.07, 6.45) is 2.16. The molecule has 8 nitrogen and oxygen atoms in total. The quantitative estimate of drug-likeness (QED) is 0.229. The Balaban J connectivity index is 1.18. The van der Waals surface area contributed by atoms with Crippen LogP contribution in [0.5, 0.6) is 0 Å². The lowest BCUT2D eigenvalue weighted by molar-refractivity contribution is -0.137. The molecule has 4 heterocycles. The highest BCUT2D eigenvalue weighted by Crippen LogP contribution is 2.33. The number of carbonyl (C=O) groups is 1. The van der Waals surface area contributed by atoms with Gasteiger partial charge in [0.1, 0.15) is 12.1 Å². The number of rotatable bonds is 9. The van der Waals surface area contributed by atoms with Gasteiger partial charge in [0.25, 0.3) is 0 Å². The van der Waals surface area contributed by atoms with Gasteiger partial charge in [-0.2, -0.15) is 13.2 Å². The Labute approximate surface area is 225 Å². The van der Waals surface area contributed by atoms with Gasteiger partial charge >= 0.3 is 12.2 Å². The maximum atomic E-state index is 13.3. The second-order valence-electron chi connectivity index (χ2n) is 8.91. The van der Waals surface area contributed by atoms with Crippen LogP contribution in [0.3, 0.4) is 0 Å². The number of hydrogen-bond donors (Lipinski definition) is 3. The molecule has 1 aromatic carbocycles. The first-order chi connectivity index (χ1) is 18.3. The van der Waals surface area contributed by atoms with E-state index in [-0.39, 0.29) is 5.69 Å². The zero-order valence-electron chi connectivity index (χ0n) is 20.3. The average Bonchev–Trinajstić information content (AvgIpc) is 3.65. The monoisotopic (exact) mass is 561 g/mol. The fourth-order valence-corrected chi connectivity index (χ4v) is 5.94. The summed E-state index contributed by atoms with van der Waals surface area (Å²) in [4.78, 5) is 28.7. The van der Waals surface area contributed by atoms with Crippen molar-refractivity contribution in [1.29, 1.82) is 0 Å². The van der Waals surface area contributed by atoms with E-state index in [1.54, 1.807) is 17.5 Å². The summed E-state index contributed by atoms with van der Waals surface area (Å²) < 4.78 is 41.0. The van der Waals surface area contributed by atoms with Crippen molar-refractivity contribution in [2.45, 2.75) is 31.9 Å². The topological polar surface area (TPSA) is 95.1 Å². The van der Waals surface area contributed by atoms with E-state index in [0.717, 1.165) is 65.5 Å². The molecule has 200 valence electrons. The van der Waals surface area contributed by atoms with Crippen molar-refractivity contribution in [1.82, 2.24) is 19.9 Å². The van der Waals surface area contributed by atoms with E-state index in [0.29, 0.717) is 30.1 Å². The summed E-state index contributed by atoms with van der Waals surface area (Å²) >= 11 is 2.88. The molecule has 1 aliphatic rings. The fourth-order valence-electron chi connectivity index (χ4n) is 4.32. The molecule has 0 bridgehead atoms. The lowest BCUT2D eigenvalue weighted by Gasteiger charge is -2.18. The highest BCUT2D eigenvalue weighted by atomic mass is 32.1. The van der Waals surface area contributed by atoms with E-state index in [2.05, 4.69) is 35.8 Å². The highest BCUT2D eigenvalue weighted by Gasteiger charge is 2.31. The number of thiazole rings is 1. The Hall–Kier alpha value is -3.29. The normalized spacial score (nSPS) is 14.2. The number of thiophene rings is 1. The molecule has 4 aromatic rings. The van der Waals surface area contributed by atoms with Crippen molar-refractivity contribution in [3.63, 3.8) is 0 Å². The van der Waals surface area contributed by atoms with Crippen LogP contribution in [0.1, 0.15) is 28.8 Å². The van der Waals surface area contributed by atoms with Crippen molar-refractivity contribution >= 4 is 55.6 Å². The number of benzene rings is 1. The highest BCUT2D eigenvalue weighted by molar-refractivity contribution is 7.17. The molecule has 0 spiro atoms. The number of nitrogens with zero attached hydrogens (tertiary/aromatic N) is 4. The summed E-state index contributed by atoms with van der Waals surface area (Å²) in [5, 5.41) is 10.9. The second kappa shape index (κ2) is 11.6. The van der Waals surface area contributed by atoms with Crippen molar-refractivity contribution in [2.75, 3.05) is 42.1 Å². The molecule has 0 radical (unpaired) electrons. The molecule has 3 N–H and O–H groups in total. The summed E-state index contributed by atoms with van der Waals surface area (Å²) in [6.45, 7) is 3.33. The van der Waals surface area contributed by atoms with E-state index in [1.165, 1.54) is 23.7 Å². The van der Waals surface area contributed by atoms with Crippen molar-refractivity contribution in [3.8, 4) is 0 Å². The van der Waals surface area contributed by atoms with Gasteiger partial charge in [-0.05, 0) is 61.5 Å². The summed E-state index contributed by atoms with van der Waals surface area (Å²) in [6, 6.07) is 4.82. The molecule has 1 fully saturated rings. The van der Waals surface area contributed by atoms with E-state index < -0.39 is 17.8 Å². The Kier molecular flexibility index (Phi) is 8.05. The lowest BCUT2D eigenvalue weighted by atomic mass is 10.1. The van der Waals surface area contributed by atoms with Crippen molar-refractivity contribution < 1.29 is 18.0 Å². The van der Waals surface area contributed by atoms with Gasteiger partial charge in [-0.1, -0.05) is 6.07 Å². The van der Waals surface area contributed by atoms with Crippen LogP contribution in [0.25, 0.3) is 10.2 Å². The van der Waals surface area contributed by atoms with Crippen LogP contribution in [0.2, 0.25) is 0 Å². The molecule has 0 unspecified atom stereocenters. The predicted octanol–water partition coefficient (Wildman–Crippen LogP) is 6.10. The smallest absolute Gasteiger partial charge is 0.368 e. The maximum Gasteiger partial charge on any atom is 0.416 e. The number of amides is 2. The lowest BCUT2D eigenvalue weighted by Crippen LogP contribution is -2.24. The second-order valence-corrected chi connectivity index (χ2v) is 10.9. The molecule has 1 aliphatic heterocycles. The molecule has 13 heteroatoms. The molecule has 0 aliphatic carbocycles. The largest absolute Gasteiger partial charge is 0.416 e. The number of anilines is 3. The molecule has 2 amide bonds. The van der Waals surface area contributed by atoms with E-state index in [1.807, 2.05) is 11.4 Å². The van der Waals surface area contributed by atoms with Gasteiger partial charge in [0.15, 0.2) is 5.13 Å². The predicted molar refractivity (Wildman–Crippen MR) is 145 cm³/mol. The van der Waals surface area contributed by atoms with Crippen LogP contribution in [0.15, 0.2) is 42.2 Å². The zero-order valence-corrected chi connectivity index (χ0v) is 22.0. The standard InChI is InChI=1S/C25H26F3N7OS2/c26-25(27,28)17-4-3-16(6-11-35-9-1-2-10-35)20(13-17)33-23(36)34-24-30-14-18(38-24)5-8-29-22-21-19(7-12-37-21)31-15-32-22/h3-4,7,12-15H,1-2,5-6,8-11H2,(H,29,31,32)(H2,30,33,34,36). The van der Waals surface area contributed by atoms with Gasteiger partial charge in [-0.25, -0.2) is 19.7 Å². The third kappa shape index (κ3) is 6.58. The molecule has 5 rings (SSSR count). The van der Waals surface area contributed by atoms with Crippen molar-refractivity contribution in [2.24, 2.45) is 0 Å². The molecule has 38 heavy (non-hydrogen) atoms. The number of urea groups is 1. The Morgan fingerprint density at radius 3 is 2.71 bits per heavy atom. The average molecular weight is 562 g/mol. The summed E-state index contributed by atoms with van der Waals surface area (Å²) in [5.41, 5.74) is 0.908. The molecule has 3 aromatic heterocycles. The van der Waals surface area contributed by atoms with Crippen LogP contribution in [-0.4, -0.2) is 52.1 Å². The molecule has 1 saturated heterocycles. The minimum Gasteiger partial charge on any atom is -0.368 e. The SMILES string of the molecule is O=C(Nc1ncc(CCNc2ncnc3ccsc23)s1)Nc1cc(C(F)(F)F)ccc1CCN1CCCC1. The van der Waals surface area contributed by atoms with Crippen LogP contribution in [0, 0.1) is 0 Å². The van der Waals surface area contributed by atoms with E-state index in [9.17, 15) is 18.0 Å². The Morgan fingerprint density at radius 2 is 1.89 bits per heavy atom. The van der Waals surface area contributed by atoms with E-state index in [4.69, 9.17) is 0 Å². The van der Waals surface area contributed by atoms with Crippen LogP contribution in [0.4, 0.5) is 34.6 Å². The third-order valence-electron chi connectivity index (χ3n) is 6.26. The maximum absolute atomic E-state index is 13.3. The number of nitrogens with one attached hydrogen (secondary N) is 3. The van der Waals surface area contributed by atoms with Crippen molar-refractivity contribution in [3.05, 3.63) is 58.2 Å². The minimum atomic E-state index is -4.50. The van der Waals surface area contributed by atoms with E-state index >= 15 is 0 Å². The van der Waals surface area contributed by atoms with Crippen LogP contribution >= 0.6 is 22.7 Å². The van der Waals surface area contributed by atoms with Gasteiger partial charge in [-0.3, -0.25) is 5.32 Å². The number of halogens is 3. The number of aromatic nitrogens is 3. The molecular formula is C25H26F3N7OS2. The number of fused-ring (bicyclic) bond motifs is 1. The van der Waals surface area contributed by atoms with Gasteiger partial charge in [0, 0.05) is 36.3 Å². The van der Waals surface area contributed by atoms with Gasteiger partial charge < -0.3 is 15.5 Å². The third-order valence-corrected chi connectivity index (χ3v) is 8.15. The van der Waals surface area contributed by atoms with Gasteiger partial charge in [0.05, 0.1) is 15.8 Å². The van der Waals surface area contributed by atoms with Crippen LogP contribution < -0.4 is 16.0 Å².